The van der Waals surface area contributed by atoms with Crippen LogP contribution in [0.25, 0.3) is 0 Å². The lowest BCUT2D eigenvalue weighted by atomic mass is 10.0. The van der Waals surface area contributed by atoms with Gasteiger partial charge in [-0.25, -0.2) is 4.79 Å². The molecule has 0 aliphatic heterocycles. The molecule has 1 atom stereocenters. The molecule has 0 heterocycles. The number of carbonyl (C=O) groups is 2. The molecule has 142 valence electrons. The van der Waals surface area contributed by atoms with E-state index < -0.39 is 0 Å². The monoisotopic (exact) mass is 342 g/mol. The lowest BCUT2D eigenvalue weighted by Crippen LogP contribution is -2.35. The van der Waals surface area contributed by atoms with Crippen LogP contribution in [-0.4, -0.2) is 49.6 Å². The summed E-state index contributed by atoms with van der Waals surface area (Å²) in [6.07, 6.45) is 8.73. The van der Waals surface area contributed by atoms with Crippen LogP contribution >= 0.6 is 0 Å². The summed E-state index contributed by atoms with van der Waals surface area (Å²) >= 11 is 0. The van der Waals surface area contributed by atoms with Gasteiger partial charge in [0.15, 0.2) is 0 Å². The van der Waals surface area contributed by atoms with E-state index in [9.17, 15) is 9.59 Å². The smallest absolute Gasteiger partial charge is 0.407 e. The number of ether oxygens (including phenoxy) is 1. The molecule has 0 aromatic rings. The third kappa shape index (κ3) is 14.5. The van der Waals surface area contributed by atoms with E-state index in [4.69, 9.17) is 4.74 Å². The minimum Gasteiger partial charge on any atom is -0.446 e. The van der Waals surface area contributed by atoms with Gasteiger partial charge in [0, 0.05) is 19.5 Å². The third-order valence-corrected chi connectivity index (χ3v) is 4.27. The van der Waals surface area contributed by atoms with E-state index in [1.165, 1.54) is 32.1 Å². The van der Waals surface area contributed by atoms with E-state index in [1.54, 1.807) is 6.92 Å². The van der Waals surface area contributed by atoms with Crippen LogP contribution in [0, 0.1) is 0 Å². The number of rotatable bonds is 15. The predicted molar refractivity (Wildman–Crippen MR) is 99.4 cm³/mol. The Morgan fingerprint density at radius 1 is 1.04 bits per heavy atom. The zero-order chi connectivity index (χ0) is 18.2. The Hall–Kier alpha value is -1.10. The Bertz CT molecular complexity index is 335. The zero-order valence-electron chi connectivity index (χ0n) is 16.2. The molecular formula is C19H38N2O3. The van der Waals surface area contributed by atoms with Crippen molar-refractivity contribution in [2.24, 2.45) is 0 Å². The molecule has 0 aliphatic rings. The second kappa shape index (κ2) is 15.4. The summed E-state index contributed by atoms with van der Waals surface area (Å²) in [7, 11) is 2.02. The minimum atomic E-state index is -0.362. The van der Waals surface area contributed by atoms with Crippen LogP contribution in [0.1, 0.15) is 78.6 Å². The normalized spacial score (nSPS) is 12.2. The molecule has 0 aromatic carbocycles. The lowest BCUT2D eigenvalue weighted by molar-refractivity contribution is -0.117. The van der Waals surface area contributed by atoms with Gasteiger partial charge in [0.2, 0.25) is 0 Å². The SMILES string of the molecule is CCCCCCCCC(CCC(C)=O)OC(=O)NCCN(C)CC. The number of carbonyl (C=O) groups excluding carboxylic acids is 2. The summed E-state index contributed by atoms with van der Waals surface area (Å²) in [5, 5.41) is 2.80. The largest absolute Gasteiger partial charge is 0.446 e. The topological polar surface area (TPSA) is 58.6 Å². The fourth-order valence-electron chi connectivity index (χ4n) is 2.48. The van der Waals surface area contributed by atoms with Gasteiger partial charge >= 0.3 is 6.09 Å². The Labute approximate surface area is 148 Å². The van der Waals surface area contributed by atoms with Crippen LogP contribution in [0.4, 0.5) is 4.79 Å². The minimum absolute atomic E-state index is 0.149. The molecule has 5 nitrogen and oxygen atoms in total. The molecule has 0 bridgehead atoms. The Kier molecular flexibility index (Phi) is 14.7. The first-order valence-corrected chi connectivity index (χ1v) is 9.62. The summed E-state index contributed by atoms with van der Waals surface area (Å²) in [5.74, 6) is 0.150. The lowest BCUT2D eigenvalue weighted by Gasteiger charge is -2.19. The second-order valence-corrected chi connectivity index (χ2v) is 6.65. The number of hydrogen-bond acceptors (Lipinski definition) is 4. The molecule has 5 heteroatoms. The fourth-order valence-corrected chi connectivity index (χ4v) is 2.48. The maximum absolute atomic E-state index is 11.9. The van der Waals surface area contributed by atoms with Gasteiger partial charge in [0.25, 0.3) is 0 Å². The standard InChI is InChI=1S/C19H38N2O3/c1-5-7-8-9-10-11-12-18(14-13-17(3)22)24-19(23)20-15-16-21(4)6-2/h18H,5-16H2,1-4H3,(H,20,23). The summed E-state index contributed by atoms with van der Waals surface area (Å²) in [4.78, 5) is 25.2. The zero-order valence-corrected chi connectivity index (χ0v) is 16.2. The highest BCUT2D eigenvalue weighted by Gasteiger charge is 2.15. The van der Waals surface area contributed by atoms with Crippen molar-refractivity contribution in [3.8, 4) is 0 Å². The van der Waals surface area contributed by atoms with Crippen molar-refractivity contribution >= 4 is 11.9 Å². The van der Waals surface area contributed by atoms with Crippen LogP contribution in [0.15, 0.2) is 0 Å². The molecule has 1 amide bonds. The van der Waals surface area contributed by atoms with Crippen molar-refractivity contribution in [2.45, 2.75) is 84.7 Å². The highest BCUT2D eigenvalue weighted by atomic mass is 16.6. The van der Waals surface area contributed by atoms with Crippen molar-refractivity contribution in [2.75, 3.05) is 26.7 Å². The van der Waals surface area contributed by atoms with E-state index in [1.807, 2.05) is 7.05 Å². The van der Waals surface area contributed by atoms with Crippen molar-refractivity contribution in [3.05, 3.63) is 0 Å². The van der Waals surface area contributed by atoms with E-state index in [0.29, 0.717) is 19.4 Å². The molecule has 0 aliphatic carbocycles. The van der Waals surface area contributed by atoms with Crippen LogP contribution in [-0.2, 0) is 9.53 Å². The van der Waals surface area contributed by atoms with Crippen molar-refractivity contribution in [1.29, 1.82) is 0 Å². The van der Waals surface area contributed by atoms with Gasteiger partial charge < -0.3 is 19.7 Å². The van der Waals surface area contributed by atoms with E-state index >= 15 is 0 Å². The van der Waals surface area contributed by atoms with Gasteiger partial charge in [-0.15, -0.1) is 0 Å². The molecule has 0 radical (unpaired) electrons. The number of unbranched alkanes of at least 4 members (excludes halogenated alkanes) is 5. The van der Waals surface area contributed by atoms with Gasteiger partial charge in [0.05, 0.1) is 0 Å². The van der Waals surface area contributed by atoms with Crippen LogP contribution in [0.2, 0.25) is 0 Å². The molecule has 1 N–H and O–H groups in total. The summed E-state index contributed by atoms with van der Waals surface area (Å²) in [5.41, 5.74) is 0. The molecular weight excluding hydrogens is 304 g/mol. The highest BCUT2D eigenvalue weighted by molar-refractivity contribution is 5.75. The van der Waals surface area contributed by atoms with Crippen LogP contribution in [0.5, 0.6) is 0 Å². The number of hydrogen-bond donors (Lipinski definition) is 1. The number of Topliss-reactive ketones (excluding diaryl/α,β-unsaturated/α-hetero) is 1. The van der Waals surface area contributed by atoms with E-state index in [0.717, 1.165) is 25.9 Å². The quantitative estimate of drug-likeness (QED) is 0.454. The molecule has 0 rings (SSSR count). The first kappa shape index (κ1) is 22.9. The van der Waals surface area contributed by atoms with Crippen LogP contribution in [0.3, 0.4) is 0 Å². The number of nitrogens with one attached hydrogen (secondary N) is 1. The van der Waals surface area contributed by atoms with Crippen molar-refractivity contribution in [3.63, 3.8) is 0 Å². The Morgan fingerprint density at radius 3 is 2.33 bits per heavy atom. The van der Waals surface area contributed by atoms with Crippen LogP contribution < -0.4 is 5.32 Å². The van der Waals surface area contributed by atoms with Gasteiger partial charge in [-0.1, -0.05) is 46.0 Å². The van der Waals surface area contributed by atoms with E-state index in [-0.39, 0.29) is 18.0 Å². The molecule has 0 spiro atoms. The number of alkyl carbamates (subject to hydrolysis) is 1. The molecule has 0 saturated heterocycles. The summed E-state index contributed by atoms with van der Waals surface area (Å²) < 4.78 is 5.52. The average molecular weight is 343 g/mol. The van der Waals surface area contributed by atoms with Gasteiger partial charge in [-0.2, -0.15) is 0 Å². The maximum Gasteiger partial charge on any atom is 0.407 e. The summed E-state index contributed by atoms with van der Waals surface area (Å²) in [6.45, 7) is 8.22. The number of amides is 1. The Balaban J connectivity index is 4.04. The van der Waals surface area contributed by atoms with Gasteiger partial charge in [-0.05, 0) is 39.8 Å². The van der Waals surface area contributed by atoms with Crippen molar-refractivity contribution < 1.29 is 14.3 Å². The molecule has 24 heavy (non-hydrogen) atoms. The predicted octanol–water partition coefficient (Wildman–Crippen LogP) is 4.15. The van der Waals surface area contributed by atoms with Gasteiger partial charge in [-0.3, -0.25) is 0 Å². The maximum atomic E-state index is 11.9. The highest BCUT2D eigenvalue weighted by Crippen LogP contribution is 2.14. The third-order valence-electron chi connectivity index (χ3n) is 4.27. The first-order valence-electron chi connectivity index (χ1n) is 9.62. The molecule has 0 saturated carbocycles. The summed E-state index contributed by atoms with van der Waals surface area (Å²) in [6, 6.07) is 0. The number of nitrogens with zero attached hydrogens (tertiary/aromatic N) is 1. The molecule has 0 aromatic heterocycles. The fraction of sp³-hybridized carbons (Fsp3) is 0.895. The van der Waals surface area contributed by atoms with E-state index in [2.05, 4.69) is 24.1 Å². The number of ketones is 1. The van der Waals surface area contributed by atoms with Gasteiger partial charge in [0.1, 0.15) is 11.9 Å². The second-order valence-electron chi connectivity index (χ2n) is 6.65. The number of likely N-dealkylation sites (N-methyl/N-ethyl adjacent to an activating group) is 1. The van der Waals surface area contributed by atoms with Crippen molar-refractivity contribution in [1.82, 2.24) is 10.2 Å². The average Bonchev–Trinajstić information content (AvgIpc) is 2.55. The Morgan fingerprint density at radius 2 is 1.71 bits per heavy atom. The molecule has 0 fully saturated rings. The first-order chi connectivity index (χ1) is 11.5. The molecule has 1 unspecified atom stereocenters.